The maximum atomic E-state index is 13.2. The second-order valence-corrected chi connectivity index (χ2v) is 12.8. The van der Waals surface area contributed by atoms with Crippen molar-refractivity contribution >= 4 is 17.9 Å². The summed E-state index contributed by atoms with van der Waals surface area (Å²) in [7, 11) is 3.26. The Hall–Kier alpha value is -3.05. The second kappa shape index (κ2) is 16.7. The maximum Gasteiger partial charge on any atom is 0.455 e. The summed E-state index contributed by atoms with van der Waals surface area (Å²) in [6.45, 7) is 12.6. The highest BCUT2D eigenvalue weighted by molar-refractivity contribution is 5.83. The third-order valence-electron chi connectivity index (χ3n) is 8.45. The molecule has 1 aliphatic heterocycles. The van der Waals surface area contributed by atoms with E-state index < -0.39 is 35.5 Å². The van der Waals surface area contributed by atoms with Crippen LogP contribution in [0.5, 0.6) is 11.5 Å². The summed E-state index contributed by atoms with van der Waals surface area (Å²) in [4.78, 5) is 38.3. The number of ether oxygens (including phenoxy) is 4. The van der Waals surface area contributed by atoms with E-state index in [1.54, 1.807) is 28.1 Å². The van der Waals surface area contributed by atoms with Gasteiger partial charge in [0.1, 0.15) is 6.73 Å². The van der Waals surface area contributed by atoms with E-state index in [-0.39, 0.29) is 36.9 Å². The SMILES string of the molecule is COCCCOc1cc(C[C@@H](C[C@H]2[C@H](C[C@H](C(=O)NCC(C)(C)C(N)=O)C(C)C)OCN2C([O])=O)C(C)C)ccc1OC. The molecule has 1 saturated heterocycles. The molecule has 11 heteroatoms. The first kappa shape index (κ1) is 36.1. The van der Waals surface area contributed by atoms with Gasteiger partial charge in [-0.05, 0) is 68.6 Å². The zero-order chi connectivity index (χ0) is 32.3. The Balaban J connectivity index is 2.23. The second-order valence-electron chi connectivity index (χ2n) is 12.8. The molecule has 1 radical (unpaired) electrons. The van der Waals surface area contributed by atoms with Crippen LogP contribution in [-0.4, -0.2) is 75.7 Å². The molecule has 1 aromatic carbocycles. The van der Waals surface area contributed by atoms with Crippen molar-refractivity contribution in [2.75, 3.05) is 40.7 Å². The number of methoxy groups -OCH3 is 2. The molecule has 1 fully saturated rings. The first-order valence-electron chi connectivity index (χ1n) is 15.2. The van der Waals surface area contributed by atoms with E-state index >= 15 is 0 Å². The summed E-state index contributed by atoms with van der Waals surface area (Å²) in [5, 5.41) is 15.0. The Kier molecular flexibility index (Phi) is 14.0. The van der Waals surface area contributed by atoms with Gasteiger partial charge < -0.3 is 30.0 Å². The van der Waals surface area contributed by atoms with Gasteiger partial charge in [0, 0.05) is 32.6 Å². The quantitative estimate of drug-likeness (QED) is 0.238. The molecule has 11 nitrogen and oxygen atoms in total. The number of rotatable bonds is 18. The molecule has 0 spiro atoms. The van der Waals surface area contributed by atoms with Gasteiger partial charge in [-0.15, -0.1) is 0 Å². The molecule has 0 bridgehead atoms. The van der Waals surface area contributed by atoms with Crippen molar-refractivity contribution in [1.82, 2.24) is 10.2 Å². The Morgan fingerprint density at radius 1 is 1.07 bits per heavy atom. The summed E-state index contributed by atoms with van der Waals surface area (Å²) < 4.78 is 22.6. The lowest BCUT2D eigenvalue weighted by molar-refractivity contribution is -0.130. The highest BCUT2D eigenvalue weighted by Gasteiger charge is 2.43. The molecule has 243 valence electrons. The fraction of sp³-hybridized carbons (Fsp3) is 0.719. The summed E-state index contributed by atoms with van der Waals surface area (Å²) >= 11 is 0. The number of carbonyl (C=O) groups excluding carboxylic acids is 3. The molecule has 3 N–H and O–H groups in total. The summed E-state index contributed by atoms with van der Waals surface area (Å²) in [6.07, 6.45) is 0.530. The van der Waals surface area contributed by atoms with Crippen molar-refractivity contribution in [2.45, 2.75) is 79.4 Å². The number of nitrogens with one attached hydrogen (secondary N) is 1. The van der Waals surface area contributed by atoms with Gasteiger partial charge >= 0.3 is 6.09 Å². The van der Waals surface area contributed by atoms with Gasteiger partial charge in [-0.3, -0.25) is 14.5 Å². The number of carbonyl (C=O) groups is 3. The van der Waals surface area contributed by atoms with E-state index in [4.69, 9.17) is 24.7 Å². The van der Waals surface area contributed by atoms with Crippen molar-refractivity contribution < 1.29 is 38.4 Å². The molecule has 1 aromatic rings. The van der Waals surface area contributed by atoms with E-state index in [1.165, 1.54) is 4.90 Å². The van der Waals surface area contributed by atoms with Crippen LogP contribution in [0.1, 0.15) is 66.4 Å². The monoisotopic (exact) mass is 606 g/mol. The zero-order valence-electron chi connectivity index (χ0n) is 27.1. The molecular formula is C32H52N3O8. The van der Waals surface area contributed by atoms with Crippen LogP contribution in [-0.2, 0) is 30.6 Å². The van der Waals surface area contributed by atoms with Crippen LogP contribution < -0.4 is 20.5 Å². The predicted octanol–water partition coefficient (Wildman–Crippen LogP) is 4.18. The molecule has 0 saturated carbocycles. The Bertz CT molecular complexity index is 1060. The van der Waals surface area contributed by atoms with Crippen molar-refractivity contribution in [3.8, 4) is 11.5 Å². The van der Waals surface area contributed by atoms with Gasteiger partial charge in [0.15, 0.2) is 11.5 Å². The molecule has 3 amide bonds. The topological polar surface area (TPSA) is 149 Å². The molecule has 4 atom stereocenters. The standard InChI is InChI=1S/C32H52N3O8/c1-20(2)23(14-22-10-11-26(41-8)28(15-22)42-13-9-12-40-7)16-25-27(43-19-35(25)31(38)39)17-24(21(3)4)29(36)34-18-32(5,6)30(33)37/h10-11,15,20-21,23-25,27H,9,12-14,16-19H2,1-8H3,(H2,33,37)(H,34,36)/t23-,24-,25-,27-/m0/s1. The Morgan fingerprint density at radius 3 is 2.33 bits per heavy atom. The van der Waals surface area contributed by atoms with Gasteiger partial charge in [-0.1, -0.05) is 33.8 Å². The average Bonchev–Trinajstić information content (AvgIpc) is 3.34. The van der Waals surface area contributed by atoms with Gasteiger partial charge in [-0.2, -0.15) is 0 Å². The minimum atomic E-state index is -1.29. The van der Waals surface area contributed by atoms with Crippen LogP contribution in [0.25, 0.3) is 0 Å². The third kappa shape index (κ3) is 10.6. The molecule has 1 aliphatic rings. The van der Waals surface area contributed by atoms with Crippen molar-refractivity contribution in [3.63, 3.8) is 0 Å². The number of primary amides is 1. The maximum absolute atomic E-state index is 13.2. The lowest BCUT2D eigenvalue weighted by Gasteiger charge is -2.32. The molecule has 0 unspecified atom stereocenters. The number of nitrogens with zero attached hydrogens (tertiary/aromatic N) is 1. The molecular weight excluding hydrogens is 554 g/mol. The van der Waals surface area contributed by atoms with Gasteiger partial charge in [0.25, 0.3) is 0 Å². The van der Waals surface area contributed by atoms with E-state index in [0.29, 0.717) is 44.0 Å². The number of benzene rings is 1. The van der Waals surface area contributed by atoms with E-state index in [0.717, 1.165) is 12.0 Å². The lowest BCUT2D eigenvalue weighted by Crippen LogP contribution is -2.46. The molecule has 0 aliphatic carbocycles. The first-order chi connectivity index (χ1) is 20.2. The van der Waals surface area contributed by atoms with Crippen LogP contribution in [0.4, 0.5) is 4.79 Å². The smallest absolute Gasteiger partial charge is 0.455 e. The Morgan fingerprint density at radius 2 is 1.77 bits per heavy atom. The van der Waals surface area contributed by atoms with Crippen molar-refractivity contribution in [3.05, 3.63) is 23.8 Å². The first-order valence-corrected chi connectivity index (χ1v) is 15.2. The fourth-order valence-electron chi connectivity index (χ4n) is 5.28. The van der Waals surface area contributed by atoms with Gasteiger partial charge in [0.05, 0.1) is 31.3 Å². The summed E-state index contributed by atoms with van der Waals surface area (Å²) in [5.74, 6) is 0.436. The highest BCUT2D eigenvalue weighted by Crippen LogP contribution is 2.35. The highest BCUT2D eigenvalue weighted by atomic mass is 16.5. The predicted molar refractivity (Wildman–Crippen MR) is 162 cm³/mol. The number of nitrogens with two attached hydrogens (primary N) is 1. The van der Waals surface area contributed by atoms with Crippen LogP contribution in [0.15, 0.2) is 18.2 Å². The van der Waals surface area contributed by atoms with E-state index in [1.807, 2.05) is 32.0 Å². The van der Waals surface area contributed by atoms with Crippen molar-refractivity contribution in [1.29, 1.82) is 0 Å². The average molecular weight is 607 g/mol. The minimum Gasteiger partial charge on any atom is -0.493 e. The zero-order valence-corrected chi connectivity index (χ0v) is 27.1. The van der Waals surface area contributed by atoms with Crippen LogP contribution in [0, 0.1) is 29.1 Å². The molecule has 43 heavy (non-hydrogen) atoms. The lowest BCUT2D eigenvalue weighted by atomic mass is 9.80. The number of hydrogen-bond donors (Lipinski definition) is 2. The largest absolute Gasteiger partial charge is 0.493 e. The molecule has 1 heterocycles. The molecule has 2 rings (SSSR count). The van der Waals surface area contributed by atoms with Gasteiger partial charge in [0.2, 0.25) is 11.8 Å². The Labute approximate surface area is 256 Å². The third-order valence-corrected chi connectivity index (χ3v) is 8.45. The van der Waals surface area contributed by atoms with E-state index in [9.17, 15) is 19.5 Å². The fourth-order valence-corrected chi connectivity index (χ4v) is 5.28. The minimum absolute atomic E-state index is 0.0413. The number of hydrogen-bond acceptors (Lipinski definition) is 7. The van der Waals surface area contributed by atoms with Crippen LogP contribution >= 0.6 is 0 Å². The number of amides is 3. The summed E-state index contributed by atoms with van der Waals surface area (Å²) in [5.41, 5.74) is 5.63. The van der Waals surface area contributed by atoms with Crippen LogP contribution in [0.3, 0.4) is 0 Å². The van der Waals surface area contributed by atoms with Crippen molar-refractivity contribution in [2.24, 2.45) is 34.8 Å². The van der Waals surface area contributed by atoms with E-state index in [2.05, 4.69) is 19.2 Å². The van der Waals surface area contributed by atoms with Crippen LogP contribution in [0.2, 0.25) is 0 Å². The molecule has 0 aromatic heterocycles. The normalized spacial score (nSPS) is 18.5. The van der Waals surface area contributed by atoms with Gasteiger partial charge in [-0.25, -0.2) is 9.90 Å². The summed E-state index contributed by atoms with van der Waals surface area (Å²) in [6, 6.07) is 5.39.